The molecule has 2 fully saturated rings. The maximum absolute atomic E-state index is 12.8. The van der Waals surface area contributed by atoms with Crippen LogP contribution in [0.15, 0.2) is 48.5 Å². The number of carbonyl (C=O) groups excluding carboxylic acids is 4. The van der Waals surface area contributed by atoms with Crippen molar-refractivity contribution in [2.24, 2.45) is 5.92 Å². The number of carbonyl (C=O) groups is 4. The molecule has 1 spiro atoms. The Kier molecular flexibility index (Phi) is 7.42. The second-order valence-corrected chi connectivity index (χ2v) is 9.09. The molecule has 1 saturated carbocycles. The highest BCUT2D eigenvalue weighted by atomic mass is 16.5. The minimum atomic E-state index is -0.978. The van der Waals surface area contributed by atoms with Crippen LogP contribution < -0.4 is 20.2 Å². The minimum absolute atomic E-state index is 0.150. The van der Waals surface area contributed by atoms with Crippen molar-refractivity contribution in [3.8, 4) is 11.5 Å². The average molecular weight is 496 g/mol. The molecule has 0 radical (unpaired) electrons. The number of hydrazine groups is 1. The minimum Gasteiger partial charge on any atom is -0.493 e. The summed E-state index contributed by atoms with van der Waals surface area (Å²) < 4.78 is 16.2. The third-order valence-electron chi connectivity index (χ3n) is 6.50. The standard InChI is InChI=1S/C26H29N3O7/c1-17-10-12-26(13-11-17)24(32)29(25(33)27-26)28-22(30)16-36-23(31)19-8-9-20(21(14-19)34-2)35-15-18-6-4-3-5-7-18/h3-9,14,17H,10-13,15-16H2,1-2H3,(H,27,33)(H,28,30). The lowest BCUT2D eigenvalue weighted by Gasteiger charge is -2.33. The third-order valence-corrected chi connectivity index (χ3v) is 6.50. The maximum atomic E-state index is 12.8. The molecule has 190 valence electrons. The number of methoxy groups -OCH3 is 1. The predicted molar refractivity (Wildman–Crippen MR) is 128 cm³/mol. The van der Waals surface area contributed by atoms with E-state index in [0.29, 0.717) is 41.9 Å². The lowest BCUT2D eigenvalue weighted by atomic mass is 9.77. The zero-order valence-corrected chi connectivity index (χ0v) is 20.2. The average Bonchev–Trinajstić information content (AvgIpc) is 3.12. The van der Waals surface area contributed by atoms with Crippen molar-refractivity contribution in [3.05, 3.63) is 59.7 Å². The fourth-order valence-corrected chi connectivity index (χ4v) is 4.34. The molecular formula is C26H29N3O7. The van der Waals surface area contributed by atoms with Crippen molar-refractivity contribution in [1.82, 2.24) is 15.8 Å². The first-order valence-electron chi connectivity index (χ1n) is 11.8. The van der Waals surface area contributed by atoms with Crippen molar-refractivity contribution in [1.29, 1.82) is 0 Å². The number of hydrogen-bond acceptors (Lipinski definition) is 7. The fraction of sp³-hybridized carbons (Fsp3) is 0.385. The number of rotatable bonds is 8. The Hall–Kier alpha value is -4.08. The number of benzene rings is 2. The molecule has 0 aromatic heterocycles. The van der Waals surface area contributed by atoms with Crippen LogP contribution in [0.1, 0.15) is 48.5 Å². The van der Waals surface area contributed by atoms with E-state index < -0.39 is 36.0 Å². The summed E-state index contributed by atoms with van der Waals surface area (Å²) in [7, 11) is 1.45. The highest BCUT2D eigenvalue weighted by Gasteiger charge is 2.52. The molecule has 0 bridgehead atoms. The van der Waals surface area contributed by atoms with Gasteiger partial charge in [-0.15, -0.1) is 0 Å². The first kappa shape index (κ1) is 25.0. The van der Waals surface area contributed by atoms with Gasteiger partial charge in [-0.05, 0) is 55.4 Å². The van der Waals surface area contributed by atoms with E-state index in [1.165, 1.54) is 19.2 Å². The summed E-state index contributed by atoms with van der Waals surface area (Å²) in [6.45, 7) is 1.75. The first-order valence-corrected chi connectivity index (χ1v) is 11.8. The summed E-state index contributed by atoms with van der Waals surface area (Å²) in [4.78, 5) is 50.0. The van der Waals surface area contributed by atoms with Gasteiger partial charge in [-0.25, -0.2) is 9.59 Å². The van der Waals surface area contributed by atoms with Gasteiger partial charge in [0.2, 0.25) is 0 Å². The molecule has 0 unspecified atom stereocenters. The molecular weight excluding hydrogens is 466 g/mol. The van der Waals surface area contributed by atoms with E-state index in [4.69, 9.17) is 14.2 Å². The molecule has 10 nitrogen and oxygen atoms in total. The smallest absolute Gasteiger partial charge is 0.344 e. The van der Waals surface area contributed by atoms with Crippen LogP contribution in [0.25, 0.3) is 0 Å². The molecule has 2 aliphatic rings. The number of ether oxygens (including phenoxy) is 3. The SMILES string of the molecule is COc1cc(C(=O)OCC(=O)NN2C(=O)NC3(CCC(C)CC3)C2=O)ccc1OCc1ccccc1. The largest absolute Gasteiger partial charge is 0.493 e. The summed E-state index contributed by atoms with van der Waals surface area (Å²) in [5.74, 6) is -0.811. The van der Waals surface area contributed by atoms with Crippen molar-refractivity contribution < 1.29 is 33.4 Å². The normalized spacial score (nSPS) is 21.2. The zero-order chi connectivity index (χ0) is 25.7. The van der Waals surface area contributed by atoms with Crippen LogP contribution in [-0.2, 0) is 20.9 Å². The van der Waals surface area contributed by atoms with E-state index in [-0.39, 0.29) is 5.56 Å². The lowest BCUT2D eigenvalue weighted by molar-refractivity contribution is -0.141. The van der Waals surface area contributed by atoms with Gasteiger partial charge in [0.15, 0.2) is 18.1 Å². The van der Waals surface area contributed by atoms with Crippen molar-refractivity contribution >= 4 is 23.8 Å². The van der Waals surface area contributed by atoms with Crippen LogP contribution in [0, 0.1) is 5.92 Å². The van der Waals surface area contributed by atoms with Gasteiger partial charge >= 0.3 is 12.0 Å². The molecule has 10 heteroatoms. The highest BCUT2D eigenvalue weighted by molar-refractivity contribution is 6.08. The van der Waals surface area contributed by atoms with Crippen molar-refractivity contribution in [2.45, 2.75) is 44.8 Å². The topological polar surface area (TPSA) is 123 Å². The van der Waals surface area contributed by atoms with Crippen molar-refractivity contribution in [3.63, 3.8) is 0 Å². The van der Waals surface area contributed by atoms with E-state index in [2.05, 4.69) is 17.7 Å². The Morgan fingerprint density at radius 2 is 1.81 bits per heavy atom. The number of nitrogens with zero attached hydrogens (tertiary/aromatic N) is 1. The van der Waals surface area contributed by atoms with Crippen LogP contribution in [0.2, 0.25) is 0 Å². The van der Waals surface area contributed by atoms with Gasteiger partial charge in [-0.2, -0.15) is 5.01 Å². The number of esters is 1. The molecule has 2 N–H and O–H groups in total. The molecule has 1 heterocycles. The lowest BCUT2D eigenvalue weighted by Crippen LogP contribution is -2.52. The third kappa shape index (κ3) is 5.42. The van der Waals surface area contributed by atoms with Gasteiger partial charge in [-0.1, -0.05) is 37.3 Å². The summed E-state index contributed by atoms with van der Waals surface area (Å²) in [6.07, 6.45) is 2.66. The number of amides is 4. The Balaban J connectivity index is 1.30. The molecule has 1 saturated heterocycles. The Morgan fingerprint density at radius 1 is 1.08 bits per heavy atom. The zero-order valence-electron chi connectivity index (χ0n) is 20.2. The summed E-state index contributed by atoms with van der Waals surface area (Å²) in [5.41, 5.74) is 2.39. The van der Waals surface area contributed by atoms with Crippen LogP contribution in [-0.4, -0.2) is 48.1 Å². The molecule has 1 aliphatic heterocycles. The fourth-order valence-electron chi connectivity index (χ4n) is 4.34. The van der Waals surface area contributed by atoms with E-state index in [9.17, 15) is 19.2 Å². The quantitative estimate of drug-likeness (QED) is 0.426. The number of hydrogen-bond donors (Lipinski definition) is 2. The van der Waals surface area contributed by atoms with Crippen molar-refractivity contribution in [2.75, 3.05) is 13.7 Å². The van der Waals surface area contributed by atoms with Gasteiger partial charge < -0.3 is 19.5 Å². The van der Waals surface area contributed by atoms with E-state index in [1.807, 2.05) is 30.3 Å². The Morgan fingerprint density at radius 3 is 2.50 bits per heavy atom. The van der Waals surface area contributed by atoms with E-state index >= 15 is 0 Å². The van der Waals surface area contributed by atoms with E-state index in [0.717, 1.165) is 18.4 Å². The Labute approximate surface area is 208 Å². The summed E-state index contributed by atoms with van der Waals surface area (Å²) in [6, 6.07) is 13.4. The number of imide groups is 1. The van der Waals surface area contributed by atoms with Gasteiger partial charge in [0.25, 0.3) is 11.8 Å². The van der Waals surface area contributed by atoms with E-state index in [1.54, 1.807) is 6.07 Å². The second-order valence-electron chi connectivity index (χ2n) is 9.09. The molecule has 2 aromatic rings. The van der Waals surface area contributed by atoms with Crippen LogP contribution >= 0.6 is 0 Å². The second kappa shape index (κ2) is 10.7. The summed E-state index contributed by atoms with van der Waals surface area (Å²) in [5, 5.41) is 3.39. The molecule has 36 heavy (non-hydrogen) atoms. The molecule has 4 amide bonds. The number of nitrogens with one attached hydrogen (secondary N) is 2. The molecule has 2 aromatic carbocycles. The van der Waals surface area contributed by atoms with Gasteiger partial charge in [0.1, 0.15) is 12.1 Å². The maximum Gasteiger partial charge on any atom is 0.344 e. The molecule has 1 aliphatic carbocycles. The van der Waals surface area contributed by atoms with Gasteiger partial charge in [0.05, 0.1) is 12.7 Å². The van der Waals surface area contributed by atoms with Crippen LogP contribution in [0.5, 0.6) is 11.5 Å². The van der Waals surface area contributed by atoms with Gasteiger partial charge in [-0.3, -0.25) is 15.0 Å². The molecule has 0 atom stereocenters. The van der Waals surface area contributed by atoms with Crippen LogP contribution in [0.3, 0.4) is 0 Å². The number of urea groups is 1. The monoisotopic (exact) mass is 495 g/mol. The predicted octanol–water partition coefficient (Wildman–Crippen LogP) is 2.96. The van der Waals surface area contributed by atoms with Gasteiger partial charge in [0, 0.05) is 0 Å². The summed E-state index contributed by atoms with van der Waals surface area (Å²) >= 11 is 0. The highest BCUT2D eigenvalue weighted by Crippen LogP contribution is 2.35. The Bertz CT molecular complexity index is 1140. The molecule has 4 rings (SSSR count). The van der Waals surface area contributed by atoms with Crippen LogP contribution in [0.4, 0.5) is 4.79 Å². The first-order chi connectivity index (χ1) is 17.3.